The van der Waals surface area contributed by atoms with Crippen molar-refractivity contribution in [2.24, 2.45) is 0 Å². The molecule has 0 unspecified atom stereocenters. The highest BCUT2D eigenvalue weighted by molar-refractivity contribution is 6.05. The first-order chi connectivity index (χ1) is 16.2. The van der Waals surface area contributed by atoms with E-state index >= 15 is 0 Å². The maximum absolute atomic E-state index is 13.1. The van der Waals surface area contributed by atoms with Gasteiger partial charge in [0, 0.05) is 44.1 Å². The minimum absolute atomic E-state index is 0.0850. The Morgan fingerprint density at radius 3 is 2.70 bits per heavy atom. The quantitative estimate of drug-likeness (QED) is 0.516. The Morgan fingerprint density at radius 2 is 1.82 bits per heavy atom. The monoisotopic (exact) mass is 442 g/mol. The first kappa shape index (κ1) is 19.6. The molecule has 0 bridgehead atoms. The number of carbonyl (C=O) groups is 1. The number of nitrogens with zero attached hydrogens (tertiary/aromatic N) is 7. The molecule has 1 fully saturated rings. The zero-order valence-electron chi connectivity index (χ0n) is 17.9. The molecule has 2 aliphatic rings. The molecular formula is C23H22N8O2. The van der Waals surface area contributed by atoms with Crippen LogP contribution >= 0.6 is 0 Å². The summed E-state index contributed by atoms with van der Waals surface area (Å²) in [4.78, 5) is 49.6. The molecule has 6 rings (SSSR count). The number of carbonyl (C=O) groups excluding carboxylic acids is 1. The third-order valence-electron chi connectivity index (χ3n) is 6.49. The number of pyridine rings is 2. The molecule has 1 saturated heterocycles. The number of nitrogens with one attached hydrogen (secondary N) is 1. The summed E-state index contributed by atoms with van der Waals surface area (Å²) in [6.07, 6.45) is 7.20. The van der Waals surface area contributed by atoms with E-state index in [-0.39, 0.29) is 17.6 Å². The number of imidazole rings is 1. The lowest BCUT2D eigenvalue weighted by Gasteiger charge is -2.33. The highest BCUT2D eigenvalue weighted by Crippen LogP contribution is 2.29. The summed E-state index contributed by atoms with van der Waals surface area (Å²) in [6, 6.07) is 9.49. The third kappa shape index (κ3) is 3.34. The van der Waals surface area contributed by atoms with Crippen molar-refractivity contribution in [3.05, 3.63) is 70.8 Å². The molecule has 1 N–H and O–H groups in total. The fourth-order valence-corrected chi connectivity index (χ4v) is 4.85. The second-order valence-corrected chi connectivity index (χ2v) is 8.34. The molecule has 0 spiro atoms. The van der Waals surface area contributed by atoms with E-state index in [2.05, 4.69) is 29.8 Å². The Labute approximate surface area is 188 Å². The molecule has 33 heavy (non-hydrogen) atoms. The van der Waals surface area contributed by atoms with Crippen molar-refractivity contribution >= 4 is 28.7 Å². The number of hydrogen-bond acceptors (Lipinski definition) is 7. The first-order valence-electron chi connectivity index (χ1n) is 11.1. The van der Waals surface area contributed by atoms with Crippen LogP contribution in [0.5, 0.6) is 0 Å². The maximum atomic E-state index is 13.1. The standard InChI is InChI=1S/C23H22N8O2/c32-22(30-12-5-15-3-1-9-25-21(15)30)17-13-19(27-14-26-17)29-10-6-16(7-11-29)31-18-4-2-8-24-20(18)28-23(31)33/h1-4,8-9,13-14,16H,5-7,10-12H2,(H,24,28,33). The van der Waals surface area contributed by atoms with Gasteiger partial charge in [0.1, 0.15) is 23.7 Å². The van der Waals surface area contributed by atoms with Crippen molar-refractivity contribution in [3.8, 4) is 0 Å². The van der Waals surface area contributed by atoms with E-state index < -0.39 is 0 Å². The van der Waals surface area contributed by atoms with Gasteiger partial charge in [0.25, 0.3) is 5.91 Å². The van der Waals surface area contributed by atoms with Gasteiger partial charge >= 0.3 is 5.69 Å². The van der Waals surface area contributed by atoms with Gasteiger partial charge in [-0.1, -0.05) is 6.07 Å². The molecule has 10 heteroatoms. The van der Waals surface area contributed by atoms with Crippen LogP contribution < -0.4 is 15.5 Å². The molecule has 1 amide bonds. The van der Waals surface area contributed by atoms with Crippen LogP contribution in [0.1, 0.15) is 34.9 Å². The van der Waals surface area contributed by atoms with Crippen LogP contribution in [0.25, 0.3) is 11.2 Å². The average Bonchev–Trinajstić information content (AvgIpc) is 3.44. The predicted molar refractivity (Wildman–Crippen MR) is 122 cm³/mol. The Bertz CT molecular complexity index is 1400. The van der Waals surface area contributed by atoms with Crippen molar-refractivity contribution in [2.75, 3.05) is 29.4 Å². The van der Waals surface area contributed by atoms with E-state index in [1.807, 2.05) is 28.8 Å². The lowest BCUT2D eigenvalue weighted by molar-refractivity contribution is 0.0983. The van der Waals surface area contributed by atoms with E-state index in [1.54, 1.807) is 23.4 Å². The highest BCUT2D eigenvalue weighted by Gasteiger charge is 2.29. The Morgan fingerprint density at radius 1 is 1.00 bits per heavy atom. The SMILES string of the molecule is O=C(c1cc(N2CCC(n3c(=O)[nH]c4ncccc43)CC2)ncn1)N1CCc2cccnc21. The van der Waals surface area contributed by atoms with E-state index in [0.717, 1.165) is 49.2 Å². The second-order valence-electron chi connectivity index (χ2n) is 8.34. The van der Waals surface area contributed by atoms with Crippen molar-refractivity contribution in [1.29, 1.82) is 0 Å². The number of fused-ring (bicyclic) bond motifs is 2. The summed E-state index contributed by atoms with van der Waals surface area (Å²) in [5.41, 5.74) is 2.75. The van der Waals surface area contributed by atoms with Gasteiger partial charge in [0.05, 0.1) is 5.52 Å². The van der Waals surface area contributed by atoms with Crippen LogP contribution in [0.2, 0.25) is 0 Å². The number of piperidine rings is 1. The van der Waals surface area contributed by atoms with Gasteiger partial charge in [-0.15, -0.1) is 0 Å². The van der Waals surface area contributed by atoms with Gasteiger partial charge in [-0.3, -0.25) is 19.2 Å². The van der Waals surface area contributed by atoms with Crippen LogP contribution in [-0.2, 0) is 6.42 Å². The van der Waals surface area contributed by atoms with Crippen LogP contribution in [0, 0.1) is 0 Å². The normalized spacial score (nSPS) is 16.4. The largest absolute Gasteiger partial charge is 0.356 e. The van der Waals surface area contributed by atoms with Crippen LogP contribution in [0.3, 0.4) is 0 Å². The first-order valence-corrected chi connectivity index (χ1v) is 11.1. The number of amides is 1. The molecule has 4 aromatic rings. The summed E-state index contributed by atoms with van der Waals surface area (Å²) in [5.74, 6) is 1.27. The van der Waals surface area contributed by atoms with E-state index in [0.29, 0.717) is 23.7 Å². The Balaban J connectivity index is 1.20. The zero-order chi connectivity index (χ0) is 22.4. The third-order valence-corrected chi connectivity index (χ3v) is 6.49. The van der Waals surface area contributed by atoms with E-state index in [1.165, 1.54) is 6.33 Å². The number of H-pyrrole nitrogens is 1. The molecule has 166 valence electrons. The molecule has 0 radical (unpaired) electrons. The summed E-state index contributed by atoms with van der Waals surface area (Å²) >= 11 is 0. The fraction of sp³-hybridized carbons (Fsp3) is 0.304. The number of aromatic nitrogens is 6. The molecule has 2 aliphatic heterocycles. The van der Waals surface area contributed by atoms with Gasteiger partial charge in [-0.25, -0.2) is 24.7 Å². The number of hydrogen-bond donors (Lipinski definition) is 1. The summed E-state index contributed by atoms with van der Waals surface area (Å²) in [5, 5.41) is 0. The van der Waals surface area contributed by atoms with Crippen LogP contribution in [-0.4, -0.2) is 55.0 Å². The average molecular weight is 442 g/mol. The summed E-state index contributed by atoms with van der Waals surface area (Å²) in [6.45, 7) is 2.05. The molecular weight excluding hydrogens is 420 g/mol. The summed E-state index contributed by atoms with van der Waals surface area (Å²) < 4.78 is 1.81. The van der Waals surface area contributed by atoms with E-state index in [4.69, 9.17) is 0 Å². The number of anilines is 2. The van der Waals surface area contributed by atoms with Gasteiger partial charge < -0.3 is 4.90 Å². The molecule has 0 saturated carbocycles. The fourth-order valence-electron chi connectivity index (χ4n) is 4.85. The van der Waals surface area contributed by atoms with Gasteiger partial charge in [0.2, 0.25) is 0 Å². The van der Waals surface area contributed by atoms with Crippen molar-refractivity contribution in [1.82, 2.24) is 29.5 Å². The molecule has 0 aromatic carbocycles. The minimum atomic E-state index is -0.163. The minimum Gasteiger partial charge on any atom is -0.356 e. The topological polar surface area (TPSA) is 113 Å². The van der Waals surface area contributed by atoms with Gasteiger partial charge in [0.15, 0.2) is 5.65 Å². The predicted octanol–water partition coefficient (Wildman–Crippen LogP) is 1.95. The molecule has 6 heterocycles. The van der Waals surface area contributed by atoms with Crippen LogP contribution in [0.4, 0.5) is 11.6 Å². The Kier molecular flexibility index (Phi) is 4.63. The van der Waals surface area contributed by atoms with Crippen molar-refractivity contribution in [3.63, 3.8) is 0 Å². The van der Waals surface area contributed by atoms with Gasteiger partial charge in [-0.2, -0.15) is 0 Å². The molecule has 0 atom stereocenters. The number of rotatable bonds is 3. The zero-order valence-corrected chi connectivity index (χ0v) is 17.9. The van der Waals surface area contributed by atoms with E-state index in [9.17, 15) is 9.59 Å². The lowest BCUT2D eigenvalue weighted by Crippen LogP contribution is -2.37. The van der Waals surface area contributed by atoms with Crippen molar-refractivity contribution < 1.29 is 4.79 Å². The molecule has 10 nitrogen and oxygen atoms in total. The second kappa shape index (κ2) is 7.80. The smallest absolute Gasteiger partial charge is 0.327 e. The lowest BCUT2D eigenvalue weighted by atomic mass is 10.0. The summed E-state index contributed by atoms with van der Waals surface area (Å²) in [7, 11) is 0. The molecule has 4 aromatic heterocycles. The Hall–Kier alpha value is -4.08. The van der Waals surface area contributed by atoms with Crippen molar-refractivity contribution in [2.45, 2.75) is 25.3 Å². The van der Waals surface area contributed by atoms with Gasteiger partial charge in [-0.05, 0) is 43.0 Å². The van der Waals surface area contributed by atoms with Crippen LogP contribution in [0.15, 0.2) is 53.8 Å². The molecule has 0 aliphatic carbocycles. The number of aromatic amines is 1. The maximum Gasteiger partial charge on any atom is 0.327 e. The highest BCUT2D eigenvalue weighted by atomic mass is 16.2.